The van der Waals surface area contributed by atoms with Gasteiger partial charge in [0.15, 0.2) is 0 Å². The molecule has 23 heavy (non-hydrogen) atoms. The van der Waals surface area contributed by atoms with Crippen LogP contribution < -0.4 is 10.3 Å². The molecule has 0 fully saturated rings. The predicted octanol–water partition coefficient (Wildman–Crippen LogP) is 3.72. The lowest BCUT2D eigenvalue weighted by atomic mass is 10.2. The van der Waals surface area contributed by atoms with Gasteiger partial charge in [0.1, 0.15) is 11.6 Å². The summed E-state index contributed by atoms with van der Waals surface area (Å²) < 4.78 is 7.73. The van der Waals surface area contributed by atoms with Gasteiger partial charge in [-0.1, -0.05) is 18.2 Å². The van der Waals surface area contributed by atoms with Crippen LogP contribution in [0.15, 0.2) is 47.3 Å². The van der Waals surface area contributed by atoms with Crippen molar-refractivity contribution in [3.8, 4) is 5.75 Å². The third-order valence-electron chi connectivity index (χ3n) is 3.61. The Morgan fingerprint density at radius 1 is 1.13 bits per heavy atom. The molecule has 0 unspecified atom stereocenters. The second-order valence-electron chi connectivity index (χ2n) is 5.10. The second-order valence-corrected chi connectivity index (χ2v) is 6.35. The van der Waals surface area contributed by atoms with Crippen molar-refractivity contribution in [3.05, 3.63) is 67.8 Å². The molecule has 0 spiro atoms. The molecule has 0 saturated heterocycles. The van der Waals surface area contributed by atoms with Crippen molar-refractivity contribution in [2.24, 2.45) is 7.05 Å². The standard InChI is InChI=1S/C18H15IN2O2/c1-21-17(10-5-12-3-7-14(23-2)8-4-12)20-16-9-6-13(19)11-15(16)18(21)22/h3-11H,1-2H3/b10-5+. The average molecular weight is 418 g/mol. The summed E-state index contributed by atoms with van der Waals surface area (Å²) in [5.41, 5.74) is 1.69. The molecule has 1 aromatic heterocycles. The molecular formula is C18H15IN2O2. The minimum Gasteiger partial charge on any atom is -0.497 e. The number of hydrogen-bond donors (Lipinski definition) is 0. The van der Waals surface area contributed by atoms with Crippen LogP contribution in [-0.4, -0.2) is 16.7 Å². The normalized spacial score (nSPS) is 11.3. The van der Waals surface area contributed by atoms with E-state index < -0.39 is 0 Å². The van der Waals surface area contributed by atoms with E-state index in [9.17, 15) is 4.79 Å². The van der Waals surface area contributed by atoms with Gasteiger partial charge in [-0.3, -0.25) is 9.36 Å². The Hall–Kier alpha value is -2.15. The number of rotatable bonds is 3. The first-order valence-corrected chi connectivity index (χ1v) is 8.15. The first-order chi connectivity index (χ1) is 11.1. The van der Waals surface area contributed by atoms with Gasteiger partial charge in [-0.05, 0) is 64.6 Å². The van der Waals surface area contributed by atoms with Crippen molar-refractivity contribution >= 4 is 45.6 Å². The maximum absolute atomic E-state index is 12.5. The van der Waals surface area contributed by atoms with E-state index in [0.29, 0.717) is 16.7 Å². The van der Waals surface area contributed by atoms with E-state index in [1.807, 2.05) is 54.6 Å². The fourth-order valence-electron chi connectivity index (χ4n) is 2.30. The Balaban J connectivity index is 2.02. The Morgan fingerprint density at radius 2 is 1.87 bits per heavy atom. The van der Waals surface area contributed by atoms with E-state index in [1.165, 1.54) is 0 Å². The molecule has 0 amide bonds. The molecular weight excluding hydrogens is 403 g/mol. The fourth-order valence-corrected chi connectivity index (χ4v) is 2.79. The molecule has 0 bridgehead atoms. The number of halogens is 1. The average Bonchev–Trinajstić information content (AvgIpc) is 2.58. The molecule has 0 aliphatic rings. The van der Waals surface area contributed by atoms with Gasteiger partial charge in [-0.2, -0.15) is 0 Å². The minimum atomic E-state index is -0.0390. The van der Waals surface area contributed by atoms with E-state index in [1.54, 1.807) is 18.7 Å². The highest BCUT2D eigenvalue weighted by molar-refractivity contribution is 14.1. The van der Waals surface area contributed by atoms with Crippen LogP contribution in [0.5, 0.6) is 5.75 Å². The lowest BCUT2D eigenvalue weighted by Crippen LogP contribution is -2.20. The minimum absolute atomic E-state index is 0.0390. The highest BCUT2D eigenvalue weighted by Gasteiger charge is 2.06. The van der Waals surface area contributed by atoms with E-state index in [2.05, 4.69) is 27.6 Å². The van der Waals surface area contributed by atoms with Crippen molar-refractivity contribution in [1.29, 1.82) is 0 Å². The lowest BCUT2D eigenvalue weighted by Gasteiger charge is -2.06. The Labute approximate surface area is 147 Å². The molecule has 3 aromatic rings. The summed E-state index contributed by atoms with van der Waals surface area (Å²) in [7, 11) is 3.38. The summed E-state index contributed by atoms with van der Waals surface area (Å²) in [6.45, 7) is 0. The molecule has 4 nitrogen and oxygen atoms in total. The van der Waals surface area contributed by atoms with Crippen LogP contribution in [0.1, 0.15) is 11.4 Å². The van der Waals surface area contributed by atoms with Gasteiger partial charge in [0.05, 0.1) is 18.0 Å². The van der Waals surface area contributed by atoms with Crippen LogP contribution in [0.4, 0.5) is 0 Å². The van der Waals surface area contributed by atoms with Crippen molar-refractivity contribution in [1.82, 2.24) is 9.55 Å². The molecule has 0 N–H and O–H groups in total. The number of fused-ring (bicyclic) bond motifs is 1. The topological polar surface area (TPSA) is 44.1 Å². The van der Waals surface area contributed by atoms with E-state index in [4.69, 9.17) is 4.74 Å². The zero-order valence-electron chi connectivity index (χ0n) is 12.8. The van der Waals surface area contributed by atoms with Gasteiger partial charge in [-0.15, -0.1) is 0 Å². The molecule has 3 rings (SSSR count). The van der Waals surface area contributed by atoms with Crippen LogP contribution in [0.3, 0.4) is 0 Å². The maximum Gasteiger partial charge on any atom is 0.261 e. The fraction of sp³-hybridized carbons (Fsp3) is 0.111. The number of methoxy groups -OCH3 is 1. The molecule has 116 valence electrons. The van der Waals surface area contributed by atoms with Gasteiger partial charge < -0.3 is 4.74 Å². The first kappa shape index (κ1) is 15.7. The van der Waals surface area contributed by atoms with Crippen molar-refractivity contribution in [3.63, 3.8) is 0 Å². The number of hydrogen-bond acceptors (Lipinski definition) is 3. The number of benzene rings is 2. The molecule has 2 aromatic carbocycles. The van der Waals surface area contributed by atoms with Gasteiger partial charge in [0.2, 0.25) is 0 Å². The summed E-state index contributed by atoms with van der Waals surface area (Å²) in [5.74, 6) is 1.44. The van der Waals surface area contributed by atoms with Crippen molar-refractivity contribution in [2.45, 2.75) is 0 Å². The molecule has 0 atom stereocenters. The summed E-state index contributed by atoms with van der Waals surface area (Å²) in [6, 6.07) is 13.4. The molecule has 0 saturated carbocycles. The van der Waals surface area contributed by atoms with E-state index in [-0.39, 0.29) is 5.56 Å². The van der Waals surface area contributed by atoms with Crippen LogP contribution in [0.25, 0.3) is 23.1 Å². The smallest absolute Gasteiger partial charge is 0.261 e. The lowest BCUT2D eigenvalue weighted by molar-refractivity contribution is 0.415. The third kappa shape index (κ3) is 3.29. The number of nitrogens with zero attached hydrogens (tertiary/aromatic N) is 2. The highest BCUT2D eigenvalue weighted by atomic mass is 127. The molecule has 1 heterocycles. The Bertz CT molecular complexity index is 944. The van der Waals surface area contributed by atoms with E-state index >= 15 is 0 Å². The quantitative estimate of drug-likeness (QED) is 0.610. The maximum atomic E-state index is 12.5. The van der Waals surface area contributed by atoms with Crippen LogP contribution >= 0.6 is 22.6 Å². The predicted molar refractivity (Wildman–Crippen MR) is 102 cm³/mol. The largest absolute Gasteiger partial charge is 0.497 e. The Morgan fingerprint density at radius 3 is 2.57 bits per heavy atom. The van der Waals surface area contributed by atoms with Gasteiger partial charge in [0, 0.05) is 10.6 Å². The zero-order valence-corrected chi connectivity index (χ0v) is 14.9. The SMILES string of the molecule is COc1ccc(/C=C/c2nc3ccc(I)cc3c(=O)n2C)cc1. The summed E-state index contributed by atoms with van der Waals surface area (Å²) >= 11 is 2.19. The van der Waals surface area contributed by atoms with Crippen LogP contribution in [0.2, 0.25) is 0 Å². The number of aromatic nitrogens is 2. The monoisotopic (exact) mass is 418 g/mol. The summed E-state index contributed by atoms with van der Waals surface area (Å²) in [5, 5.41) is 0.640. The van der Waals surface area contributed by atoms with Gasteiger partial charge >= 0.3 is 0 Å². The molecule has 0 aliphatic heterocycles. The highest BCUT2D eigenvalue weighted by Crippen LogP contribution is 2.15. The molecule has 5 heteroatoms. The second kappa shape index (κ2) is 6.54. The van der Waals surface area contributed by atoms with Gasteiger partial charge in [-0.25, -0.2) is 4.98 Å². The Kier molecular flexibility index (Phi) is 4.47. The van der Waals surface area contributed by atoms with Gasteiger partial charge in [0.25, 0.3) is 5.56 Å². The van der Waals surface area contributed by atoms with Crippen LogP contribution in [-0.2, 0) is 7.05 Å². The van der Waals surface area contributed by atoms with Crippen molar-refractivity contribution < 1.29 is 4.74 Å². The molecule has 0 aliphatic carbocycles. The first-order valence-electron chi connectivity index (χ1n) is 7.07. The number of ether oxygens (including phenoxy) is 1. The van der Waals surface area contributed by atoms with Crippen molar-refractivity contribution in [2.75, 3.05) is 7.11 Å². The third-order valence-corrected chi connectivity index (χ3v) is 4.28. The molecule has 0 radical (unpaired) electrons. The van der Waals surface area contributed by atoms with Crippen LogP contribution in [0, 0.1) is 3.57 Å². The summed E-state index contributed by atoms with van der Waals surface area (Å²) in [6.07, 6.45) is 3.78. The van der Waals surface area contributed by atoms with E-state index in [0.717, 1.165) is 14.9 Å². The summed E-state index contributed by atoms with van der Waals surface area (Å²) in [4.78, 5) is 17.0. The zero-order chi connectivity index (χ0) is 16.4.